The van der Waals surface area contributed by atoms with Gasteiger partial charge in [-0.2, -0.15) is 4.31 Å². The van der Waals surface area contributed by atoms with Crippen LogP contribution in [0.5, 0.6) is 0 Å². The summed E-state index contributed by atoms with van der Waals surface area (Å²) < 4.78 is 27.3. The first-order valence-corrected chi connectivity index (χ1v) is 13.3. The molecule has 0 aromatic heterocycles. The van der Waals surface area contributed by atoms with Gasteiger partial charge in [-0.05, 0) is 60.7 Å². The van der Waals surface area contributed by atoms with E-state index in [-0.39, 0.29) is 16.7 Å². The molecule has 2 aliphatic heterocycles. The number of hydrogen-bond donors (Lipinski definition) is 1. The molecule has 7 nitrogen and oxygen atoms in total. The fraction of sp³-hybridized carbons (Fsp3) is 0.385. The Morgan fingerprint density at radius 1 is 0.882 bits per heavy atom. The third-order valence-electron chi connectivity index (χ3n) is 6.30. The van der Waals surface area contributed by atoms with Gasteiger partial charge in [-0.3, -0.25) is 9.59 Å². The van der Waals surface area contributed by atoms with E-state index in [1.54, 1.807) is 39.5 Å². The number of hydrogen-bond acceptors (Lipinski definition) is 4. The summed E-state index contributed by atoms with van der Waals surface area (Å²) in [6.07, 6.45) is 8.54. The molecule has 2 aromatic rings. The molecule has 2 saturated heterocycles. The molecular formula is C26H31N3O4S. The van der Waals surface area contributed by atoms with Crippen LogP contribution >= 0.6 is 0 Å². The summed E-state index contributed by atoms with van der Waals surface area (Å²) in [5.74, 6) is -0.0844. The summed E-state index contributed by atoms with van der Waals surface area (Å²) in [5, 5.41) is 2.84. The van der Waals surface area contributed by atoms with Gasteiger partial charge in [-0.15, -0.1) is 0 Å². The second-order valence-electron chi connectivity index (χ2n) is 8.75. The number of nitrogens with one attached hydrogen (secondary N) is 1. The van der Waals surface area contributed by atoms with E-state index in [1.165, 1.54) is 6.08 Å². The minimum Gasteiger partial charge on any atom is -0.348 e. The van der Waals surface area contributed by atoms with Crippen molar-refractivity contribution in [2.75, 3.05) is 24.5 Å². The van der Waals surface area contributed by atoms with Crippen LogP contribution in [0.15, 0.2) is 59.5 Å². The number of benzene rings is 2. The van der Waals surface area contributed by atoms with Crippen molar-refractivity contribution < 1.29 is 18.0 Å². The van der Waals surface area contributed by atoms with Crippen LogP contribution < -0.4 is 10.2 Å². The smallest absolute Gasteiger partial charge is 0.244 e. The largest absolute Gasteiger partial charge is 0.348 e. The quantitative estimate of drug-likeness (QED) is 0.611. The molecule has 34 heavy (non-hydrogen) atoms. The maximum absolute atomic E-state index is 12.9. The van der Waals surface area contributed by atoms with Crippen molar-refractivity contribution in [2.24, 2.45) is 0 Å². The number of sulfonamides is 1. The maximum Gasteiger partial charge on any atom is 0.244 e. The van der Waals surface area contributed by atoms with E-state index in [0.29, 0.717) is 26.1 Å². The normalized spacial score (nSPS) is 17.8. The van der Waals surface area contributed by atoms with Crippen LogP contribution in [0.25, 0.3) is 6.08 Å². The minimum absolute atomic E-state index is 0.152. The minimum atomic E-state index is -3.48. The van der Waals surface area contributed by atoms with Gasteiger partial charge < -0.3 is 10.2 Å². The average molecular weight is 482 g/mol. The number of rotatable bonds is 7. The maximum atomic E-state index is 12.9. The van der Waals surface area contributed by atoms with Gasteiger partial charge in [0.2, 0.25) is 21.8 Å². The molecule has 0 aliphatic carbocycles. The summed E-state index contributed by atoms with van der Waals surface area (Å²) >= 11 is 0. The summed E-state index contributed by atoms with van der Waals surface area (Å²) in [6, 6.07) is 14.3. The Hall–Kier alpha value is -2.97. The van der Waals surface area contributed by atoms with Crippen molar-refractivity contribution in [3.05, 3.63) is 65.7 Å². The second-order valence-corrected chi connectivity index (χ2v) is 10.7. The van der Waals surface area contributed by atoms with E-state index in [1.807, 2.05) is 24.3 Å². The van der Waals surface area contributed by atoms with Gasteiger partial charge in [0.05, 0.1) is 4.90 Å². The lowest BCUT2D eigenvalue weighted by molar-refractivity contribution is -0.117. The van der Waals surface area contributed by atoms with Gasteiger partial charge in [0.1, 0.15) is 0 Å². The van der Waals surface area contributed by atoms with Gasteiger partial charge in [-0.25, -0.2) is 8.42 Å². The van der Waals surface area contributed by atoms with Crippen molar-refractivity contribution in [1.29, 1.82) is 0 Å². The highest BCUT2D eigenvalue weighted by Crippen LogP contribution is 2.22. The first-order valence-electron chi connectivity index (χ1n) is 11.9. The lowest BCUT2D eigenvalue weighted by Gasteiger charge is -2.19. The Bertz CT molecular complexity index is 1130. The van der Waals surface area contributed by atoms with Crippen LogP contribution in [-0.2, 0) is 26.2 Å². The van der Waals surface area contributed by atoms with E-state index in [2.05, 4.69) is 5.32 Å². The summed E-state index contributed by atoms with van der Waals surface area (Å²) in [6.45, 7) is 2.28. The summed E-state index contributed by atoms with van der Waals surface area (Å²) in [4.78, 5) is 26.1. The number of nitrogens with zero attached hydrogens (tertiary/aromatic N) is 2. The third-order valence-corrected chi connectivity index (χ3v) is 8.21. The van der Waals surface area contributed by atoms with Crippen LogP contribution in [0, 0.1) is 0 Å². The highest BCUT2D eigenvalue weighted by Gasteiger charge is 2.25. The van der Waals surface area contributed by atoms with Crippen LogP contribution in [0.4, 0.5) is 5.69 Å². The molecule has 0 bridgehead atoms. The van der Waals surface area contributed by atoms with E-state index >= 15 is 0 Å². The van der Waals surface area contributed by atoms with Gasteiger partial charge in [-0.1, -0.05) is 37.1 Å². The molecule has 0 saturated carbocycles. The Kier molecular flexibility index (Phi) is 7.80. The topological polar surface area (TPSA) is 86.8 Å². The van der Waals surface area contributed by atoms with E-state index < -0.39 is 10.0 Å². The molecule has 2 aliphatic rings. The van der Waals surface area contributed by atoms with Gasteiger partial charge in [0, 0.05) is 44.4 Å². The molecule has 0 atom stereocenters. The monoisotopic (exact) mass is 481 g/mol. The van der Waals surface area contributed by atoms with Crippen LogP contribution in [0.3, 0.4) is 0 Å². The average Bonchev–Trinajstić information content (AvgIpc) is 3.09. The lowest BCUT2D eigenvalue weighted by Crippen LogP contribution is -2.31. The van der Waals surface area contributed by atoms with Crippen molar-refractivity contribution in [3.63, 3.8) is 0 Å². The molecule has 0 unspecified atom stereocenters. The van der Waals surface area contributed by atoms with Crippen molar-refractivity contribution in [3.8, 4) is 0 Å². The molecule has 2 fully saturated rings. The Balaban J connectivity index is 1.29. The van der Waals surface area contributed by atoms with Crippen molar-refractivity contribution in [1.82, 2.24) is 9.62 Å². The number of carbonyl (C=O) groups is 2. The summed E-state index contributed by atoms with van der Waals surface area (Å²) in [5.41, 5.74) is 2.59. The first-order chi connectivity index (χ1) is 16.4. The molecule has 0 radical (unpaired) electrons. The molecule has 180 valence electrons. The second kappa shape index (κ2) is 11.0. The van der Waals surface area contributed by atoms with Crippen molar-refractivity contribution in [2.45, 2.75) is 50.0 Å². The van der Waals surface area contributed by atoms with Gasteiger partial charge >= 0.3 is 0 Å². The van der Waals surface area contributed by atoms with Gasteiger partial charge in [0.15, 0.2) is 0 Å². The number of carbonyl (C=O) groups excluding carboxylic acids is 2. The van der Waals surface area contributed by atoms with Crippen LogP contribution in [-0.4, -0.2) is 44.2 Å². The zero-order valence-corrected chi connectivity index (χ0v) is 20.1. The summed E-state index contributed by atoms with van der Waals surface area (Å²) in [7, 11) is -3.48. The zero-order valence-electron chi connectivity index (χ0n) is 19.3. The molecule has 2 amide bonds. The molecule has 0 spiro atoms. The molecule has 1 N–H and O–H groups in total. The van der Waals surface area contributed by atoms with Crippen LogP contribution in [0.1, 0.15) is 49.7 Å². The van der Waals surface area contributed by atoms with E-state index in [0.717, 1.165) is 55.5 Å². The van der Waals surface area contributed by atoms with Crippen LogP contribution in [0.2, 0.25) is 0 Å². The Morgan fingerprint density at radius 2 is 1.56 bits per heavy atom. The SMILES string of the molecule is O=C(/C=C/c1ccc(S(=O)(=O)N2CCCCCC2)cc1)NCc1ccc(N2CCCC2=O)cc1. The standard InChI is InChI=1S/C26H31N3O4S/c30-25(27-20-22-7-12-23(13-8-22)29-19-5-6-26(29)31)16-11-21-9-14-24(15-10-21)34(32,33)28-17-3-1-2-4-18-28/h7-16H,1-6,17-20H2,(H,27,30)/b16-11+. The first kappa shape index (κ1) is 24.2. The number of anilines is 1. The Morgan fingerprint density at radius 3 is 2.18 bits per heavy atom. The predicted molar refractivity (Wildman–Crippen MR) is 133 cm³/mol. The fourth-order valence-corrected chi connectivity index (χ4v) is 5.83. The van der Waals surface area contributed by atoms with Gasteiger partial charge in [0.25, 0.3) is 0 Å². The molecule has 2 heterocycles. The van der Waals surface area contributed by atoms with E-state index in [4.69, 9.17) is 0 Å². The van der Waals surface area contributed by atoms with Crippen molar-refractivity contribution >= 4 is 33.6 Å². The lowest BCUT2D eigenvalue weighted by atomic mass is 10.2. The number of amides is 2. The highest BCUT2D eigenvalue weighted by atomic mass is 32.2. The molecule has 8 heteroatoms. The third kappa shape index (κ3) is 5.93. The Labute approximate surface area is 201 Å². The molecule has 2 aromatic carbocycles. The zero-order chi connectivity index (χ0) is 24.0. The van der Waals surface area contributed by atoms with E-state index in [9.17, 15) is 18.0 Å². The molecular weight excluding hydrogens is 450 g/mol. The molecule has 4 rings (SSSR count). The highest BCUT2D eigenvalue weighted by molar-refractivity contribution is 7.89. The fourth-order valence-electron chi connectivity index (χ4n) is 4.32. The predicted octanol–water partition coefficient (Wildman–Crippen LogP) is 3.71.